The van der Waals surface area contributed by atoms with Crippen LogP contribution >= 0.6 is 0 Å². The zero-order valence-electron chi connectivity index (χ0n) is 17.0. The summed E-state index contributed by atoms with van der Waals surface area (Å²) in [5.74, 6) is -0.0268. The van der Waals surface area contributed by atoms with Crippen LogP contribution in [0.5, 0.6) is 11.5 Å². The smallest absolute Gasteiger partial charge is 0.303 e. The van der Waals surface area contributed by atoms with Gasteiger partial charge in [0.1, 0.15) is 11.5 Å². The lowest BCUT2D eigenvalue weighted by atomic mass is 10.2. The van der Waals surface area contributed by atoms with Crippen molar-refractivity contribution >= 4 is 11.9 Å². The number of rotatable bonds is 16. The van der Waals surface area contributed by atoms with Crippen molar-refractivity contribution in [1.29, 1.82) is 0 Å². The Labute approximate surface area is 167 Å². The molecular formula is C21H33NO6. The summed E-state index contributed by atoms with van der Waals surface area (Å²) in [5, 5.41) is 17.3. The molecule has 1 aromatic rings. The average Bonchev–Trinajstić information content (AvgIpc) is 2.59. The molecule has 0 heterocycles. The van der Waals surface area contributed by atoms with Crippen molar-refractivity contribution in [3.05, 3.63) is 23.8 Å². The van der Waals surface area contributed by atoms with Gasteiger partial charge >= 0.3 is 11.9 Å². The van der Waals surface area contributed by atoms with Gasteiger partial charge in [-0.05, 0) is 70.3 Å². The Hall–Kier alpha value is -2.28. The highest BCUT2D eigenvalue weighted by atomic mass is 16.5. The molecule has 28 heavy (non-hydrogen) atoms. The second-order valence-electron chi connectivity index (χ2n) is 7.16. The van der Waals surface area contributed by atoms with Crippen LogP contribution in [0.25, 0.3) is 0 Å². The van der Waals surface area contributed by atoms with Crippen molar-refractivity contribution in [3.63, 3.8) is 0 Å². The number of carbonyl (C=O) groups is 2. The number of aliphatic carboxylic acids is 2. The van der Waals surface area contributed by atoms with Crippen LogP contribution in [0, 0.1) is 0 Å². The SMILES string of the molecule is CN(C)Cc1cc(OCCCCCC(=O)O)cc(OCCCCCC(=O)O)c1. The molecule has 0 fully saturated rings. The number of benzene rings is 1. The van der Waals surface area contributed by atoms with Crippen molar-refractivity contribution in [2.75, 3.05) is 27.3 Å². The molecule has 0 aliphatic rings. The standard InChI is InChI=1S/C21H33NO6/c1-22(2)16-17-13-18(27-11-7-3-5-9-20(23)24)15-19(14-17)28-12-8-4-6-10-21(25)26/h13-15H,3-12,16H2,1-2H3,(H,23,24)(H,25,26). The number of ether oxygens (including phenoxy) is 2. The van der Waals surface area contributed by atoms with Crippen LogP contribution in [0.2, 0.25) is 0 Å². The first kappa shape index (κ1) is 23.8. The molecular weight excluding hydrogens is 362 g/mol. The summed E-state index contributed by atoms with van der Waals surface area (Å²) in [7, 11) is 4.00. The second-order valence-corrected chi connectivity index (χ2v) is 7.16. The molecule has 0 aliphatic carbocycles. The van der Waals surface area contributed by atoms with Crippen molar-refractivity contribution in [1.82, 2.24) is 4.90 Å². The maximum Gasteiger partial charge on any atom is 0.303 e. The average molecular weight is 395 g/mol. The van der Waals surface area contributed by atoms with E-state index in [1.807, 2.05) is 32.3 Å². The van der Waals surface area contributed by atoms with Gasteiger partial charge in [-0.3, -0.25) is 9.59 Å². The third-order valence-corrected chi connectivity index (χ3v) is 4.05. The fraction of sp³-hybridized carbons (Fsp3) is 0.619. The van der Waals surface area contributed by atoms with Crippen LogP contribution in [0.3, 0.4) is 0 Å². The van der Waals surface area contributed by atoms with Gasteiger partial charge in [0.2, 0.25) is 0 Å². The molecule has 0 unspecified atom stereocenters. The summed E-state index contributed by atoms with van der Waals surface area (Å²) in [5.41, 5.74) is 1.09. The summed E-state index contributed by atoms with van der Waals surface area (Å²) in [6.07, 6.45) is 4.99. The lowest BCUT2D eigenvalue weighted by Crippen LogP contribution is -2.11. The van der Waals surface area contributed by atoms with E-state index < -0.39 is 11.9 Å². The molecule has 0 aromatic heterocycles. The number of carboxylic acid groups (broad SMARTS) is 2. The largest absolute Gasteiger partial charge is 0.493 e. The molecule has 0 aliphatic heterocycles. The molecule has 1 aromatic carbocycles. The summed E-state index contributed by atoms with van der Waals surface area (Å²) in [6, 6.07) is 5.86. The van der Waals surface area contributed by atoms with Gasteiger partial charge in [-0.15, -0.1) is 0 Å². The van der Waals surface area contributed by atoms with Gasteiger partial charge in [0.05, 0.1) is 13.2 Å². The highest BCUT2D eigenvalue weighted by molar-refractivity contribution is 5.66. The number of carboxylic acids is 2. The third-order valence-electron chi connectivity index (χ3n) is 4.05. The Morgan fingerprint density at radius 3 is 1.64 bits per heavy atom. The predicted molar refractivity (Wildman–Crippen MR) is 107 cm³/mol. The highest BCUT2D eigenvalue weighted by Crippen LogP contribution is 2.24. The maximum absolute atomic E-state index is 10.5. The summed E-state index contributed by atoms with van der Waals surface area (Å²) in [6.45, 7) is 1.85. The van der Waals surface area contributed by atoms with E-state index >= 15 is 0 Å². The van der Waals surface area contributed by atoms with E-state index in [9.17, 15) is 9.59 Å². The van der Waals surface area contributed by atoms with E-state index in [4.69, 9.17) is 19.7 Å². The Kier molecular flexibility index (Phi) is 11.7. The highest BCUT2D eigenvalue weighted by Gasteiger charge is 2.06. The Morgan fingerprint density at radius 2 is 1.25 bits per heavy atom. The van der Waals surface area contributed by atoms with E-state index in [1.165, 1.54) is 0 Å². The normalized spacial score (nSPS) is 10.8. The first-order chi connectivity index (χ1) is 13.4. The zero-order valence-corrected chi connectivity index (χ0v) is 17.0. The summed E-state index contributed by atoms with van der Waals surface area (Å²) >= 11 is 0. The molecule has 7 heteroatoms. The minimum atomic E-state index is -0.762. The molecule has 0 saturated carbocycles. The minimum absolute atomic E-state index is 0.197. The lowest BCUT2D eigenvalue weighted by molar-refractivity contribution is -0.138. The fourth-order valence-corrected chi connectivity index (χ4v) is 2.74. The fourth-order valence-electron chi connectivity index (χ4n) is 2.74. The topological polar surface area (TPSA) is 96.3 Å². The predicted octanol–water partition coefficient (Wildman–Crippen LogP) is 3.80. The van der Waals surface area contributed by atoms with Gasteiger partial charge in [0.15, 0.2) is 0 Å². The van der Waals surface area contributed by atoms with Crippen LogP contribution in [0.15, 0.2) is 18.2 Å². The van der Waals surface area contributed by atoms with E-state index in [2.05, 4.69) is 4.90 Å². The van der Waals surface area contributed by atoms with Gasteiger partial charge in [-0.1, -0.05) is 0 Å². The van der Waals surface area contributed by atoms with Crippen LogP contribution in [-0.4, -0.2) is 54.4 Å². The van der Waals surface area contributed by atoms with Crippen LogP contribution in [-0.2, 0) is 16.1 Å². The van der Waals surface area contributed by atoms with Crippen molar-refractivity contribution in [2.45, 2.75) is 57.9 Å². The molecule has 158 valence electrons. The zero-order chi connectivity index (χ0) is 20.8. The monoisotopic (exact) mass is 395 g/mol. The summed E-state index contributed by atoms with van der Waals surface area (Å²) in [4.78, 5) is 23.1. The molecule has 0 bridgehead atoms. The maximum atomic E-state index is 10.5. The Bertz CT molecular complexity index is 558. The van der Waals surface area contributed by atoms with Gasteiger partial charge in [0.25, 0.3) is 0 Å². The molecule has 2 N–H and O–H groups in total. The molecule has 0 amide bonds. The molecule has 0 atom stereocenters. The van der Waals surface area contributed by atoms with Crippen LogP contribution in [0.1, 0.15) is 56.9 Å². The van der Waals surface area contributed by atoms with Crippen LogP contribution < -0.4 is 9.47 Å². The number of nitrogens with zero attached hydrogens (tertiary/aromatic N) is 1. The third kappa shape index (κ3) is 12.2. The van der Waals surface area contributed by atoms with Crippen molar-refractivity contribution in [2.24, 2.45) is 0 Å². The number of unbranched alkanes of at least 4 members (excludes halogenated alkanes) is 4. The van der Waals surface area contributed by atoms with E-state index in [0.29, 0.717) is 26.1 Å². The van der Waals surface area contributed by atoms with E-state index in [0.717, 1.165) is 49.3 Å². The molecule has 0 spiro atoms. The minimum Gasteiger partial charge on any atom is -0.493 e. The molecule has 1 rings (SSSR count). The molecule has 7 nitrogen and oxygen atoms in total. The summed E-state index contributed by atoms with van der Waals surface area (Å²) < 4.78 is 11.7. The first-order valence-electron chi connectivity index (χ1n) is 9.84. The van der Waals surface area contributed by atoms with Gasteiger partial charge < -0.3 is 24.6 Å². The van der Waals surface area contributed by atoms with E-state index in [-0.39, 0.29) is 12.8 Å². The van der Waals surface area contributed by atoms with Crippen molar-refractivity contribution in [3.8, 4) is 11.5 Å². The Morgan fingerprint density at radius 1 is 0.786 bits per heavy atom. The Balaban J connectivity index is 2.47. The molecule has 0 radical (unpaired) electrons. The first-order valence-corrected chi connectivity index (χ1v) is 9.84. The van der Waals surface area contributed by atoms with Gasteiger partial charge in [-0.2, -0.15) is 0 Å². The van der Waals surface area contributed by atoms with Gasteiger partial charge in [-0.25, -0.2) is 0 Å². The number of hydrogen-bond acceptors (Lipinski definition) is 5. The second kappa shape index (κ2) is 13.8. The number of hydrogen-bond donors (Lipinski definition) is 2. The van der Waals surface area contributed by atoms with Crippen molar-refractivity contribution < 1.29 is 29.3 Å². The lowest BCUT2D eigenvalue weighted by Gasteiger charge is -2.15. The van der Waals surface area contributed by atoms with Gasteiger partial charge in [0, 0.05) is 25.5 Å². The molecule has 0 saturated heterocycles. The quantitative estimate of drug-likeness (QED) is 0.411. The van der Waals surface area contributed by atoms with Crippen LogP contribution in [0.4, 0.5) is 0 Å². The van der Waals surface area contributed by atoms with E-state index in [1.54, 1.807) is 0 Å².